The van der Waals surface area contributed by atoms with Crippen molar-refractivity contribution >= 4 is 0 Å². The minimum atomic E-state index is 0.0534. The predicted octanol–water partition coefficient (Wildman–Crippen LogP) is 2.39. The molecule has 1 aromatic rings. The number of unbranched alkanes of at least 4 members (excludes halogenated alkanes) is 1. The van der Waals surface area contributed by atoms with E-state index in [9.17, 15) is 0 Å². The molecule has 3 nitrogen and oxygen atoms in total. The molecule has 1 aromatic carbocycles. The summed E-state index contributed by atoms with van der Waals surface area (Å²) in [5.41, 5.74) is 6.82. The van der Waals surface area contributed by atoms with Crippen LogP contribution < -0.4 is 10.5 Å². The Morgan fingerprint density at radius 3 is 2.60 bits per heavy atom. The Bertz CT molecular complexity index is 324. The van der Waals surface area contributed by atoms with Crippen molar-refractivity contribution in [1.82, 2.24) is 0 Å². The van der Waals surface area contributed by atoms with Gasteiger partial charge in [0.25, 0.3) is 0 Å². The maximum Gasteiger partial charge on any atom is 0.119 e. The maximum atomic E-state index is 8.34. The minimum absolute atomic E-state index is 0.0534. The van der Waals surface area contributed by atoms with Crippen LogP contribution in [-0.4, -0.2) is 6.61 Å². The summed E-state index contributed by atoms with van der Waals surface area (Å²) in [6.45, 7) is 2.54. The Hall–Kier alpha value is -1.53. The van der Waals surface area contributed by atoms with Crippen LogP contribution in [0.3, 0.4) is 0 Å². The fourth-order valence-corrected chi connectivity index (χ4v) is 1.21. The fourth-order valence-electron chi connectivity index (χ4n) is 1.21. The zero-order valence-corrected chi connectivity index (χ0v) is 8.94. The van der Waals surface area contributed by atoms with Crippen LogP contribution in [-0.2, 0) is 0 Å². The Balaban J connectivity index is 2.40. The van der Waals surface area contributed by atoms with Crippen LogP contribution >= 0.6 is 0 Å². The smallest absolute Gasteiger partial charge is 0.119 e. The lowest BCUT2D eigenvalue weighted by atomic mass is 10.1. The third kappa shape index (κ3) is 4.01. The lowest BCUT2D eigenvalue weighted by molar-refractivity contribution is 0.312. The molecule has 80 valence electrons. The quantitative estimate of drug-likeness (QED) is 0.749. The van der Waals surface area contributed by atoms with Crippen LogP contribution in [0.2, 0.25) is 0 Å². The van der Waals surface area contributed by atoms with Gasteiger partial charge in [-0.05, 0) is 31.0 Å². The summed E-state index contributed by atoms with van der Waals surface area (Å²) >= 11 is 0. The second kappa shape index (κ2) is 6.05. The van der Waals surface area contributed by atoms with Crippen LogP contribution in [0.25, 0.3) is 0 Å². The van der Waals surface area contributed by atoms with Gasteiger partial charge in [-0.2, -0.15) is 5.26 Å². The van der Waals surface area contributed by atoms with Crippen LogP contribution in [0, 0.1) is 11.3 Å². The second-order valence-corrected chi connectivity index (χ2v) is 3.47. The van der Waals surface area contributed by atoms with E-state index in [0.29, 0.717) is 13.0 Å². The lowest BCUT2D eigenvalue weighted by Gasteiger charge is -2.08. The predicted molar refractivity (Wildman–Crippen MR) is 59.4 cm³/mol. The van der Waals surface area contributed by atoms with E-state index in [0.717, 1.165) is 17.7 Å². The number of rotatable bonds is 5. The minimum Gasteiger partial charge on any atom is -0.494 e. The monoisotopic (exact) mass is 204 g/mol. The number of nitriles is 1. The van der Waals surface area contributed by atoms with Crippen molar-refractivity contribution < 1.29 is 4.74 Å². The molecule has 0 aliphatic carbocycles. The standard InChI is InChI=1S/C12H16N2O/c1-10(14)11-4-6-12(7-5-11)15-9-3-2-8-13/h4-7,10H,2-3,9,14H2,1H3/t10-/m1/s1. The van der Waals surface area contributed by atoms with E-state index < -0.39 is 0 Å². The second-order valence-electron chi connectivity index (χ2n) is 3.47. The topological polar surface area (TPSA) is 59.0 Å². The van der Waals surface area contributed by atoms with E-state index in [2.05, 4.69) is 6.07 Å². The van der Waals surface area contributed by atoms with Crippen molar-refractivity contribution in [1.29, 1.82) is 5.26 Å². The van der Waals surface area contributed by atoms with Gasteiger partial charge in [0.1, 0.15) is 5.75 Å². The normalized spacial score (nSPS) is 11.8. The molecule has 0 saturated carbocycles. The average molecular weight is 204 g/mol. The summed E-state index contributed by atoms with van der Waals surface area (Å²) in [6.07, 6.45) is 1.31. The summed E-state index contributed by atoms with van der Waals surface area (Å²) in [7, 11) is 0. The Labute approximate surface area is 90.5 Å². The molecule has 0 radical (unpaired) electrons. The molecule has 1 rings (SSSR count). The van der Waals surface area contributed by atoms with Gasteiger partial charge in [0.15, 0.2) is 0 Å². The van der Waals surface area contributed by atoms with E-state index in [1.165, 1.54) is 0 Å². The molecule has 0 fully saturated rings. The Morgan fingerprint density at radius 1 is 1.40 bits per heavy atom. The molecule has 0 saturated heterocycles. The average Bonchev–Trinajstić information content (AvgIpc) is 2.25. The van der Waals surface area contributed by atoms with Gasteiger partial charge in [-0.15, -0.1) is 0 Å². The number of hydrogen-bond acceptors (Lipinski definition) is 3. The number of hydrogen-bond donors (Lipinski definition) is 1. The van der Waals surface area contributed by atoms with Gasteiger partial charge in [-0.1, -0.05) is 12.1 Å². The van der Waals surface area contributed by atoms with Gasteiger partial charge >= 0.3 is 0 Å². The van der Waals surface area contributed by atoms with Crippen molar-refractivity contribution in [3.63, 3.8) is 0 Å². The van der Waals surface area contributed by atoms with Crippen LogP contribution in [0.5, 0.6) is 5.75 Å². The molecular weight excluding hydrogens is 188 g/mol. The molecule has 0 bridgehead atoms. The van der Waals surface area contributed by atoms with Gasteiger partial charge in [-0.3, -0.25) is 0 Å². The van der Waals surface area contributed by atoms with Crippen LogP contribution in [0.4, 0.5) is 0 Å². The first kappa shape index (κ1) is 11.5. The molecule has 3 heteroatoms. The first-order valence-electron chi connectivity index (χ1n) is 5.09. The van der Waals surface area contributed by atoms with Crippen molar-refractivity contribution in [2.45, 2.75) is 25.8 Å². The van der Waals surface area contributed by atoms with E-state index in [1.54, 1.807) is 0 Å². The van der Waals surface area contributed by atoms with Crippen molar-refractivity contribution in [3.05, 3.63) is 29.8 Å². The van der Waals surface area contributed by atoms with E-state index in [1.807, 2.05) is 31.2 Å². The summed E-state index contributed by atoms with van der Waals surface area (Å²) in [4.78, 5) is 0. The highest BCUT2D eigenvalue weighted by molar-refractivity contribution is 5.28. The highest BCUT2D eigenvalue weighted by Gasteiger charge is 1.99. The first-order valence-corrected chi connectivity index (χ1v) is 5.09. The van der Waals surface area contributed by atoms with E-state index in [-0.39, 0.29) is 6.04 Å². The van der Waals surface area contributed by atoms with Gasteiger partial charge < -0.3 is 10.5 Å². The summed E-state index contributed by atoms with van der Waals surface area (Å²) in [5, 5.41) is 8.34. The number of benzene rings is 1. The molecular formula is C12H16N2O. The number of nitrogens with zero attached hydrogens (tertiary/aromatic N) is 1. The zero-order valence-electron chi connectivity index (χ0n) is 8.94. The molecule has 0 spiro atoms. The summed E-state index contributed by atoms with van der Waals surface area (Å²) < 4.78 is 5.45. The van der Waals surface area contributed by atoms with Crippen LogP contribution in [0.1, 0.15) is 31.4 Å². The Morgan fingerprint density at radius 2 is 2.07 bits per heavy atom. The lowest BCUT2D eigenvalue weighted by Crippen LogP contribution is -2.04. The molecule has 0 amide bonds. The SMILES string of the molecule is C[C@@H](N)c1ccc(OCCCC#N)cc1. The van der Waals surface area contributed by atoms with E-state index >= 15 is 0 Å². The van der Waals surface area contributed by atoms with Crippen molar-refractivity contribution in [2.24, 2.45) is 5.73 Å². The van der Waals surface area contributed by atoms with Gasteiger partial charge in [-0.25, -0.2) is 0 Å². The highest BCUT2D eigenvalue weighted by Crippen LogP contribution is 2.16. The molecule has 0 aliphatic heterocycles. The van der Waals surface area contributed by atoms with Crippen LogP contribution in [0.15, 0.2) is 24.3 Å². The molecule has 2 N–H and O–H groups in total. The molecule has 15 heavy (non-hydrogen) atoms. The fraction of sp³-hybridized carbons (Fsp3) is 0.417. The third-order valence-corrected chi connectivity index (χ3v) is 2.11. The number of nitrogens with two attached hydrogens (primary N) is 1. The Kier molecular flexibility index (Phi) is 4.65. The van der Waals surface area contributed by atoms with E-state index in [4.69, 9.17) is 15.7 Å². The molecule has 0 aliphatic rings. The summed E-state index contributed by atoms with van der Waals surface area (Å²) in [6, 6.07) is 9.88. The van der Waals surface area contributed by atoms with Gasteiger partial charge in [0, 0.05) is 12.5 Å². The summed E-state index contributed by atoms with van der Waals surface area (Å²) in [5.74, 6) is 0.831. The molecule has 0 aromatic heterocycles. The maximum absolute atomic E-state index is 8.34. The number of ether oxygens (including phenoxy) is 1. The largest absolute Gasteiger partial charge is 0.494 e. The first-order chi connectivity index (χ1) is 7.24. The molecule has 0 heterocycles. The van der Waals surface area contributed by atoms with Gasteiger partial charge in [0.05, 0.1) is 12.7 Å². The molecule has 0 unspecified atom stereocenters. The molecule has 1 atom stereocenters. The van der Waals surface area contributed by atoms with Crippen molar-refractivity contribution in [3.8, 4) is 11.8 Å². The zero-order chi connectivity index (χ0) is 11.1. The van der Waals surface area contributed by atoms with Gasteiger partial charge in [0.2, 0.25) is 0 Å². The highest BCUT2D eigenvalue weighted by atomic mass is 16.5. The van der Waals surface area contributed by atoms with Crippen molar-refractivity contribution in [2.75, 3.05) is 6.61 Å². The third-order valence-electron chi connectivity index (χ3n) is 2.11.